The van der Waals surface area contributed by atoms with Gasteiger partial charge in [-0.15, -0.1) is 0 Å². The molecule has 0 saturated carbocycles. The smallest absolute Gasteiger partial charge is 0.373 e. The van der Waals surface area contributed by atoms with Crippen molar-refractivity contribution in [3.63, 3.8) is 0 Å². The van der Waals surface area contributed by atoms with Crippen molar-refractivity contribution < 1.29 is 18.7 Å². The van der Waals surface area contributed by atoms with Crippen LogP contribution >= 0.6 is 0 Å². The van der Waals surface area contributed by atoms with Crippen molar-refractivity contribution in [3.8, 4) is 5.75 Å². The number of benzene rings is 1. The summed E-state index contributed by atoms with van der Waals surface area (Å²) in [5.74, 6) is 0.910. The van der Waals surface area contributed by atoms with Crippen molar-refractivity contribution in [2.75, 3.05) is 25.5 Å². The molecule has 112 valence electrons. The monoisotopic (exact) mass is 290 g/mol. The summed E-state index contributed by atoms with van der Waals surface area (Å²) in [6, 6.07) is 10.8. The van der Waals surface area contributed by atoms with Gasteiger partial charge in [0, 0.05) is 24.8 Å². The lowest BCUT2D eigenvalue weighted by Gasteiger charge is -2.08. The van der Waals surface area contributed by atoms with Gasteiger partial charge in [-0.25, -0.2) is 4.79 Å². The summed E-state index contributed by atoms with van der Waals surface area (Å²) >= 11 is 0. The maximum absolute atomic E-state index is 11.3. The normalized spacial score (nSPS) is 10.2. The number of esters is 1. The van der Waals surface area contributed by atoms with Crippen molar-refractivity contribution in [1.29, 1.82) is 0 Å². The van der Waals surface area contributed by atoms with Crippen LogP contribution in [0.1, 0.15) is 16.3 Å². The maximum atomic E-state index is 11.3. The van der Waals surface area contributed by atoms with E-state index in [1.165, 1.54) is 7.11 Å². The Kier molecular flexibility index (Phi) is 5.22. The molecular weight excluding hydrogens is 272 g/mol. The lowest BCUT2D eigenvalue weighted by Crippen LogP contribution is -2.12. The number of anilines is 1. The highest BCUT2D eigenvalue weighted by molar-refractivity contribution is 5.86. The van der Waals surface area contributed by atoms with Crippen LogP contribution in [-0.2, 0) is 11.3 Å². The van der Waals surface area contributed by atoms with Gasteiger partial charge in [0.25, 0.3) is 0 Å². The number of nitrogens with one attached hydrogen (secondary N) is 1. The fourth-order valence-corrected chi connectivity index (χ4v) is 1.73. The van der Waals surface area contributed by atoms with Gasteiger partial charge in [-0.2, -0.15) is 0 Å². The van der Waals surface area contributed by atoms with Crippen LogP contribution in [0.15, 0.2) is 40.8 Å². The van der Waals surface area contributed by atoms with E-state index in [1.54, 1.807) is 12.1 Å². The highest BCUT2D eigenvalue weighted by Gasteiger charge is 2.11. The fourth-order valence-electron chi connectivity index (χ4n) is 1.73. The van der Waals surface area contributed by atoms with Gasteiger partial charge in [0.15, 0.2) is 0 Å². The fraction of sp³-hybridized carbons (Fsp3) is 0.267. The van der Waals surface area contributed by atoms with Gasteiger partial charge in [-0.3, -0.25) is 0 Å². The van der Waals surface area contributed by atoms with E-state index in [4.69, 9.17) is 14.9 Å². The van der Waals surface area contributed by atoms with Gasteiger partial charge in [0.05, 0.1) is 7.11 Å². The minimum atomic E-state index is -0.505. The molecule has 1 aromatic carbocycles. The number of carbonyl (C=O) groups excluding carboxylic acids is 1. The summed E-state index contributed by atoms with van der Waals surface area (Å²) in [4.78, 5) is 11.3. The molecule has 0 aliphatic carbocycles. The van der Waals surface area contributed by atoms with Gasteiger partial charge in [-0.1, -0.05) is 6.07 Å². The van der Waals surface area contributed by atoms with E-state index in [1.807, 2.05) is 24.3 Å². The third-order valence-electron chi connectivity index (χ3n) is 2.74. The second-order valence-corrected chi connectivity index (χ2v) is 4.29. The summed E-state index contributed by atoms with van der Waals surface area (Å²) in [5.41, 5.74) is 6.38. The van der Waals surface area contributed by atoms with Gasteiger partial charge in [0.2, 0.25) is 5.76 Å². The van der Waals surface area contributed by atoms with E-state index in [0.29, 0.717) is 24.6 Å². The van der Waals surface area contributed by atoms with Crippen LogP contribution in [-0.4, -0.2) is 26.2 Å². The highest BCUT2D eigenvalue weighted by Crippen LogP contribution is 2.19. The Labute approximate surface area is 122 Å². The number of furan rings is 1. The third-order valence-corrected chi connectivity index (χ3v) is 2.74. The van der Waals surface area contributed by atoms with Crippen molar-refractivity contribution in [2.24, 2.45) is 5.73 Å². The Morgan fingerprint density at radius 3 is 2.95 bits per heavy atom. The molecule has 0 aliphatic heterocycles. The zero-order chi connectivity index (χ0) is 15.1. The number of ether oxygens (including phenoxy) is 2. The van der Waals surface area contributed by atoms with Crippen molar-refractivity contribution in [1.82, 2.24) is 0 Å². The minimum Gasteiger partial charge on any atom is -0.486 e. The topological polar surface area (TPSA) is 86.7 Å². The molecule has 2 rings (SSSR count). The van der Waals surface area contributed by atoms with Gasteiger partial charge >= 0.3 is 5.97 Å². The Hall–Kier alpha value is -2.47. The zero-order valence-corrected chi connectivity index (χ0v) is 11.8. The summed E-state index contributed by atoms with van der Waals surface area (Å²) in [6.07, 6.45) is 0. The summed E-state index contributed by atoms with van der Waals surface area (Å²) < 4.78 is 15.5. The molecule has 0 spiro atoms. The average molecular weight is 290 g/mol. The molecule has 2 aromatic rings. The first-order valence-electron chi connectivity index (χ1n) is 6.56. The second-order valence-electron chi connectivity index (χ2n) is 4.29. The van der Waals surface area contributed by atoms with Crippen LogP contribution in [0, 0.1) is 0 Å². The molecule has 0 amide bonds. The predicted octanol–water partition coefficient (Wildman–Crippen LogP) is 2.02. The van der Waals surface area contributed by atoms with E-state index in [2.05, 4.69) is 10.1 Å². The predicted molar refractivity (Wildman–Crippen MR) is 78.4 cm³/mol. The standard InChI is InChI=1S/C15H18N2O4/c1-19-15(18)14-6-5-13(21-14)10-20-12-4-2-3-11(9-12)17-8-7-16/h2-6,9,17H,7-8,10,16H2,1H3. The molecule has 6 nitrogen and oxygen atoms in total. The van der Waals surface area contributed by atoms with Crippen molar-refractivity contribution >= 4 is 11.7 Å². The molecular formula is C15H18N2O4. The van der Waals surface area contributed by atoms with E-state index in [9.17, 15) is 4.79 Å². The van der Waals surface area contributed by atoms with Crippen LogP contribution in [0.4, 0.5) is 5.69 Å². The van der Waals surface area contributed by atoms with E-state index < -0.39 is 5.97 Å². The van der Waals surface area contributed by atoms with E-state index >= 15 is 0 Å². The molecule has 0 aliphatic rings. The van der Waals surface area contributed by atoms with Crippen LogP contribution in [0.5, 0.6) is 5.75 Å². The zero-order valence-electron chi connectivity index (χ0n) is 11.8. The SMILES string of the molecule is COC(=O)c1ccc(COc2cccc(NCCN)c2)o1. The van der Waals surface area contributed by atoms with Crippen LogP contribution < -0.4 is 15.8 Å². The molecule has 0 bridgehead atoms. The molecule has 0 radical (unpaired) electrons. The Morgan fingerprint density at radius 1 is 1.33 bits per heavy atom. The Balaban J connectivity index is 1.93. The van der Waals surface area contributed by atoms with E-state index in [0.717, 1.165) is 5.69 Å². The van der Waals surface area contributed by atoms with Crippen molar-refractivity contribution in [2.45, 2.75) is 6.61 Å². The Morgan fingerprint density at radius 2 is 2.19 bits per heavy atom. The number of rotatable bonds is 7. The van der Waals surface area contributed by atoms with Crippen molar-refractivity contribution in [3.05, 3.63) is 47.9 Å². The molecule has 3 N–H and O–H groups in total. The first kappa shape index (κ1) is 14.9. The van der Waals surface area contributed by atoms with Gasteiger partial charge < -0.3 is 24.9 Å². The first-order chi connectivity index (χ1) is 10.2. The van der Waals surface area contributed by atoms with Gasteiger partial charge in [-0.05, 0) is 24.3 Å². The lowest BCUT2D eigenvalue weighted by molar-refractivity contribution is 0.0561. The molecule has 0 unspecified atom stereocenters. The molecule has 0 fully saturated rings. The Bertz CT molecular complexity index is 595. The number of nitrogens with two attached hydrogens (primary N) is 1. The molecule has 6 heteroatoms. The molecule has 21 heavy (non-hydrogen) atoms. The quantitative estimate of drug-likeness (QED) is 0.759. The highest BCUT2D eigenvalue weighted by atomic mass is 16.5. The van der Waals surface area contributed by atoms with Crippen LogP contribution in [0.25, 0.3) is 0 Å². The third kappa shape index (κ3) is 4.25. The molecule has 0 atom stereocenters. The average Bonchev–Trinajstić information content (AvgIpc) is 2.99. The number of hydrogen-bond donors (Lipinski definition) is 2. The largest absolute Gasteiger partial charge is 0.486 e. The summed E-state index contributed by atoms with van der Waals surface area (Å²) in [6.45, 7) is 1.50. The molecule has 1 aromatic heterocycles. The summed E-state index contributed by atoms with van der Waals surface area (Å²) in [7, 11) is 1.31. The second kappa shape index (κ2) is 7.35. The summed E-state index contributed by atoms with van der Waals surface area (Å²) in [5, 5.41) is 3.17. The van der Waals surface area contributed by atoms with Gasteiger partial charge in [0.1, 0.15) is 18.1 Å². The lowest BCUT2D eigenvalue weighted by atomic mass is 10.3. The number of methoxy groups -OCH3 is 1. The maximum Gasteiger partial charge on any atom is 0.373 e. The van der Waals surface area contributed by atoms with Crippen LogP contribution in [0.3, 0.4) is 0 Å². The number of hydrogen-bond acceptors (Lipinski definition) is 6. The first-order valence-corrected chi connectivity index (χ1v) is 6.56. The minimum absolute atomic E-state index is 0.162. The van der Waals surface area contributed by atoms with E-state index in [-0.39, 0.29) is 12.4 Å². The van der Waals surface area contributed by atoms with Crippen LogP contribution in [0.2, 0.25) is 0 Å². The molecule has 1 heterocycles. The number of carbonyl (C=O) groups is 1. The molecule has 0 saturated heterocycles.